The van der Waals surface area contributed by atoms with Gasteiger partial charge in [0.15, 0.2) is 0 Å². The molecule has 1 aromatic heterocycles. The molecule has 2 heterocycles. The molecule has 0 spiro atoms. The Hall–Kier alpha value is -1.63. The summed E-state index contributed by atoms with van der Waals surface area (Å²) in [6.07, 6.45) is 7.08. The lowest BCUT2D eigenvalue weighted by atomic mass is 10.1. The van der Waals surface area contributed by atoms with Gasteiger partial charge in [-0.25, -0.2) is 13.1 Å². The van der Waals surface area contributed by atoms with E-state index < -0.39 is 10.0 Å². The molecule has 25 heavy (non-hydrogen) atoms. The highest BCUT2D eigenvalue weighted by atomic mass is 32.2. The molecule has 0 saturated carbocycles. The number of fused-ring (bicyclic) bond motifs is 1. The number of nitrogens with one attached hydrogen (secondary N) is 1. The Morgan fingerprint density at radius 3 is 2.64 bits per heavy atom. The van der Waals surface area contributed by atoms with Crippen LogP contribution >= 0.6 is 0 Å². The lowest BCUT2D eigenvalue weighted by molar-refractivity contribution is 0.216. The number of rotatable bonds is 6. The van der Waals surface area contributed by atoms with Crippen molar-refractivity contribution in [2.24, 2.45) is 0 Å². The summed E-state index contributed by atoms with van der Waals surface area (Å²) in [4.78, 5) is 2.66. The van der Waals surface area contributed by atoms with Crippen LogP contribution in [-0.4, -0.2) is 33.0 Å². The van der Waals surface area contributed by atoms with Crippen LogP contribution in [0.3, 0.4) is 0 Å². The number of likely N-dealkylation sites (tertiary alicyclic amines) is 1. The first kappa shape index (κ1) is 16.8. The molecule has 0 unspecified atom stereocenters. The van der Waals surface area contributed by atoms with Crippen molar-refractivity contribution >= 4 is 10.0 Å². The Morgan fingerprint density at radius 1 is 1.08 bits per heavy atom. The Morgan fingerprint density at radius 2 is 1.88 bits per heavy atom. The summed E-state index contributed by atoms with van der Waals surface area (Å²) >= 11 is 0. The molecular weight excluding hydrogens is 336 g/mol. The van der Waals surface area contributed by atoms with Crippen molar-refractivity contribution in [3.63, 3.8) is 0 Å². The predicted octanol–water partition coefficient (Wildman–Crippen LogP) is 2.88. The number of furan rings is 1. The quantitative estimate of drug-likeness (QED) is 0.860. The van der Waals surface area contributed by atoms with Crippen LogP contribution in [0, 0.1) is 0 Å². The number of hydrogen-bond acceptors (Lipinski definition) is 4. The molecule has 0 amide bonds. The van der Waals surface area contributed by atoms with E-state index in [4.69, 9.17) is 4.42 Å². The van der Waals surface area contributed by atoms with Gasteiger partial charge >= 0.3 is 0 Å². The van der Waals surface area contributed by atoms with Crippen LogP contribution in [0.2, 0.25) is 0 Å². The first-order chi connectivity index (χ1) is 12.1. The molecule has 6 heteroatoms. The fraction of sp³-hybridized carbons (Fsp3) is 0.474. The zero-order valence-electron chi connectivity index (χ0n) is 14.3. The van der Waals surface area contributed by atoms with Crippen molar-refractivity contribution in [2.45, 2.75) is 43.0 Å². The first-order valence-electron chi connectivity index (χ1n) is 9.02. The molecule has 1 aliphatic carbocycles. The minimum atomic E-state index is -3.52. The predicted molar refractivity (Wildman–Crippen MR) is 95.9 cm³/mol. The summed E-state index contributed by atoms with van der Waals surface area (Å²) in [5, 5.41) is 0. The summed E-state index contributed by atoms with van der Waals surface area (Å²) in [7, 11) is -3.52. The third-order valence-electron chi connectivity index (χ3n) is 5.30. The van der Waals surface area contributed by atoms with Crippen molar-refractivity contribution in [3.05, 3.63) is 53.5 Å². The second-order valence-electron chi connectivity index (χ2n) is 6.91. The number of hydrogen-bond donors (Lipinski definition) is 1. The molecule has 2 aliphatic rings. The lowest BCUT2D eigenvalue weighted by Crippen LogP contribution is -2.36. The molecule has 1 N–H and O–H groups in total. The maximum absolute atomic E-state index is 12.8. The van der Waals surface area contributed by atoms with Crippen molar-refractivity contribution < 1.29 is 12.8 Å². The Labute approximate surface area is 149 Å². The van der Waals surface area contributed by atoms with Gasteiger partial charge in [0, 0.05) is 6.54 Å². The molecule has 4 rings (SSSR count). The SMILES string of the molecule is O=S(=O)(NC[C@H](c1ccco1)N1CCCC1)c1ccc2c(c1)CCC2. The van der Waals surface area contributed by atoms with E-state index >= 15 is 0 Å². The van der Waals surface area contributed by atoms with Crippen LogP contribution in [0.25, 0.3) is 0 Å². The zero-order chi connectivity index (χ0) is 17.3. The van der Waals surface area contributed by atoms with Crippen LogP contribution in [0.4, 0.5) is 0 Å². The minimum absolute atomic E-state index is 0.0540. The normalized spacial score (nSPS) is 19.2. The fourth-order valence-electron chi connectivity index (χ4n) is 3.93. The maximum atomic E-state index is 12.8. The van der Waals surface area contributed by atoms with Crippen molar-refractivity contribution in [1.29, 1.82) is 0 Å². The summed E-state index contributed by atoms with van der Waals surface area (Å²) in [6, 6.07) is 9.25. The van der Waals surface area contributed by atoms with Crippen LogP contribution in [0.15, 0.2) is 45.9 Å². The highest BCUT2D eigenvalue weighted by Gasteiger charge is 2.27. The second-order valence-corrected chi connectivity index (χ2v) is 8.68. The van der Waals surface area contributed by atoms with Gasteiger partial charge in [-0.2, -0.15) is 0 Å². The monoisotopic (exact) mass is 360 g/mol. The van der Waals surface area contributed by atoms with E-state index in [0.29, 0.717) is 11.4 Å². The third kappa shape index (κ3) is 3.52. The number of benzene rings is 1. The molecule has 2 aromatic rings. The summed E-state index contributed by atoms with van der Waals surface area (Å²) < 4.78 is 33.9. The number of sulfonamides is 1. The van der Waals surface area contributed by atoms with Crippen LogP contribution < -0.4 is 4.72 Å². The van der Waals surface area contributed by atoms with Crippen molar-refractivity contribution in [2.75, 3.05) is 19.6 Å². The van der Waals surface area contributed by atoms with Gasteiger partial charge in [-0.1, -0.05) is 6.07 Å². The van der Waals surface area contributed by atoms with Crippen molar-refractivity contribution in [1.82, 2.24) is 9.62 Å². The van der Waals surface area contributed by atoms with Gasteiger partial charge in [-0.05, 0) is 80.6 Å². The number of nitrogens with zero attached hydrogens (tertiary/aromatic N) is 1. The van der Waals surface area contributed by atoms with E-state index in [0.717, 1.165) is 51.0 Å². The lowest BCUT2D eigenvalue weighted by Gasteiger charge is -2.26. The van der Waals surface area contributed by atoms with Gasteiger partial charge in [-0.15, -0.1) is 0 Å². The average molecular weight is 360 g/mol. The van der Waals surface area contributed by atoms with E-state index in [1.807, 2.05) is 24.3 Å². The molecule has 1 saturated heterocycles. The summed E-state index contributed by atoms with van der Waals surface area (Å²) in [5.74, 6) is 0.818. The first-order valence-corrected chi connectivity index (χ1v) is 10.5. The summed E-state index contributed by atoms with van der Waals surface area (Å²) in [6.45, 7) is 2.28. The maximum Gasteiger partial charge on any atom is 0.240 e. The van der Waals surface area contributed by atoms with E-state index in [2.05, 4.69) is 9.62 Å². The summed E-state index contributed by atoms with van der Waals surface area (Å²) in [5.41, 5.74) is 2.45. The third-order valence-corrected chi connectivity index (χ3v) is 6.72. The van der Waals surface area contributed by atoms with Crippen molar-refractivity contribution in [3.8, 4) is 0 Å². The van der Waals surface area contributed by atoms with Gasteiger partial charge in [0.25, 0.3) is 0 Å². The van der Waals surface area contributed by atoms with Crippen LogP contribution in [0.1, 0.15) is 42.2 Å². The van der Waals surface area contributed by atoms with E-state index in [9.17, 15) is 8.42 Å². The van der Waals surface area contributed by atoms with Crippen LogP contribution in [-0.2, 0) is 22.9 Å². The fourth-order valence-corrected chi connectivity index (χ4v) is 5.02. The second kappa shape index (κ2) is 6.94. The molecule has 1 fully saturated rings. The minimum Gasteiger partial charge on any atom is -0.468 e. The topological polar surface area (TPSA) is 62.6 Å². The molecule has 0 bridgehead atoms. The molecule has 134 valence electrons. The van der Waals surface area contributed by atoms with E-state index in [1.165, 1.54) is 11.1 Å². The van der Waals surface area contributed by atoms with Gasteiger partial charge in [0.2, 0.25) is 10.0 Å². The molecular formula is C19H24N2O3S. The van der Waals surface area contributed by atoms with Gasteiger partial charge in [-0.3, -0.25) is 4.90 Å². The molecule has 1 atom stereocenters. The van der Waals surface area contributed by atoms with E-state index in [1.54, 1.807) is 12.3 Å². The number of aryl methyl sites for hydroxylation is 2. The Kier molecular flexibility index (Phi) is 4.67. The Bertz CT molecular complexity index is 824. The highest BCUT2D eigenvalue weighted by Crippen LogP contribution is 2.27. The molecule has 1 aromatic carbocycles. The molecule has 1 aliphatic heterocycles. The average Bonchev–Trinajstić information content (AvgIpc) is 3.36. The van der Waals surface area contributed by atoms with Gasteiger partial charge in [0.05, 0.1) is 17.2 Å². The standard InChI is InChI=1S/C19H24N2O3S/c22-25(23,17-9-8-15-5-3-6-16(15)13-17)20-14-18(19-7-4-12-24-19)21-10-1-2-11-21/h4,7-9,12-13,18,20H,1-3,5-6,10-11,14H2/t18-/m1/s1. The van der Waals surface area contributed by atoms with Crippen LogP contribution in [0.5, 0.6) is 0 Å². The van der Waals surface area contributed by atoms with Gasteiger partial charge < -0.3 is 4.42 Å². The van der Waals surface area contributed by atoms with E-state index in [-0.39, 0.29) is 6.04 Å². The van der Waals surface area contributed by atoms with Gasteiger partial charge in [0.1, 0.15) is 5.76 Å². The smallest absolute Gasteiger partial charge is 0.240 e. The highest BCUT2D eigenvalue weighted by molar-refractivity contribution is 7.89. The zero-order valence-corrected chi connectivity index (χ0v) is 15.1. The largest absolute Gasteiger partial charge is 0.468 e. The molecule has 0 radical (unpaired) electrons. The Balaban J connectivity index is 1.51. The molecule has 5 nitrogen and oxygen atoms in total.